The van der Waals surface area contributed by atoms with Crippen molar-refractivity contribution in [2.45, 2.75) is 32.7 Å². The number of nitrogens with zero attached hydrogens (tertiary/aromatic N) is 2. The minimum absolute atomic E-state index is 0.259. The summed E-state index contributed by atoms with van der Waals surface area (Å²) in [6.45, 7) is 4.25. The van der Waals surface area contributed by atoms with E-state index in [0.29, 0.717) is 11.4 Å². The number of aromatic nitrogens is 2. The van der Waals surface area contributed by atoms with E-state index in [9.17, 15) is 0 Å². The van der Waals surface area contributed by atoms with Crippen molar-refractivity contribution in [3.05, 3.63) is 30.1 Å². The number of para-hydroxylation sites is 2. The van der Waals surface area contributed by atoms with Crippen LogP contribution in [0.3, 0.4) is 0 Å². The third-order valence-corrected chi connectivity index (χ3v) is 3.09. The van der Waals surface area contributed by atoms with Crippen molar-refractivity contribution in [1.82, 2.24) is 9.55 Å². The lowest BCUT2D eigenvalue weighted by Gasteiger charge is -2.16. The lowest BCUT2D eigenvalue weighted by atomic mass is 10.2. The third kappa shape index (κ3) is 2.31. The molecular weight excluding hydrogens is 230 g/mol. The number of hydrogen-bond acceptors (Lipinski definition) is 2. The summed E-state index contributed by atoms with van der Waals surface area (Å²) in [7, 11) is 0. The molecular formula is C13H17N3S. The molecule has 1 aromatic carbocycles. The van der Waals surface area contributed by atoms with Crippen LogP contribution < -0.4 is 5.73 Å². The molecule has 2 N–H and O–H groups in total. The van der Waals surface area contributed by atoms with E-state index >= 15 is 0 Å². The van der Waals surface area contributed by atoms with Crippen LogP contribution in [0.4, 0.5) is 0 Å². The molecule has 2 rings (SSSR count). The highest BCUT2D eigenvalue weighted by Gasteiger charge is 2.14. The van der Waals surface area contributed by atoms with E-state index in [0.717, 1.165) is 23.3 Å². The van der Waals surface area contributed by atoms with Crippen LogP contribution >= 0.6 is 12.2 Å². The van der Waals surface area contributed by atoms with Crippen molar-refractivity contribution < 1.29 is 0 Å². The van der Waals surface area contributed by atoms with Crippen LogP contribution in [0.5, 0.6) is 0 Å². The fourth-order valence-electron chi connectivity index (χ4n) is 2.22. The Hall–Kier alpha value is -1.42. The van der Waals surface area contributed by atoms with Gasteiger partial charge in [-0.05, 0) is 19.1 Å². The van der Waals surface area contributed by atoms with Gasteiger partial charge in [0, 0.05) is 18.9 Å². The topological polar surface area (TPSA) is 43.8 Å². The average Bonchev–Trinajstić information content (AvgIpc) is 2.66. The zero-order chi connectivity index (χ0) is 12.4. The van der Waals surface area contributed by atoms with Crippen LogP contribution in [0.15, 0.2) is 24.3 Å². The van der Waals surface area contributed by atoms with Gasteiger partial charge in [0.25, 0.3) is 0 Å². The Labute approximate surface area is 107 Å². The van der Waals surface area contributed by atoms with Crippen molar-refractivity contribution in [2.24, 2.45) is 5.73 Å². The first-order valence-electron chi connectivity index (χ1n) is 5.87. The van der Waals surface area contributed by atoms with E-state index in [1.54, 1.807) is 0 Å². The molecule has 1 unspecified atom stereocenters. The molecule has 2 aromatic rings. The maximum atomic E-state index is 5.63. The normalized spacial score (nSPS) is 12.8. The largest absolute Gasteiger partial charge is 0.393 e. The second-order valence-electron chi connectivity index (χ2n) is 4.26. The first-order valence-corrected chi connectivity index (χ1v) is 6.28. The Bertz CT molecular complexity index is 545. The van der Waals surface area contributed by atoms with Gasteiger partial charge in [-0.2, -0.15) is 0 Å². The highest BCUT2D eigenvalue weighted by Crippen LogP contribution is 2.23. The Kier molecular flexibility index (Phi) is 3.43. The number of benzene rings is 1. The van der Waals surface area contributed by atoms with E-state index in [1.165, 1.54) is 0 Å². The van der Waals surface area contributed by atoms with Gasteiger partial charge in [0.05, 0.1) is 16.0 Å². The molecule has 0 radical (unpaired) electrons. The number of rotatable bonds is 4. The summed E-state index contributed by atoms with van der Waals surface area (Å²) in [6.07, 6.45) is 1.62. The second kappa shape index (κ2) is 4.84. The fourth-order valence-corrected chi connectivity index (χ4v) is 2.46. The zero-order valence-corrected chi connectivity index (χ0v) is 11.0. The quantitative estimate of drug-likeness (QED) is 0.845. The van der Waals surface area contributed by atoms with Gasteiger partial charge < -0.3 is 10.3 Å². The van der Waals surface area contributed by atoms with Gasteiger partial charge >= 0.3 is 0 Å². The molecule has 3 nitrogen and oxygen atoms in total. The molecule has 4 heteroatoms. The average molecular weight is 247 g/mol. The molecule has 1 atom stereocenters. The lowest BCUT2D eigenvalue weighted by molar-refractivity contribution is 0.559. The predicted octanol–water partition coefficient (Wildman–Crippen LogP) is 2.84. The first-order chi connectivity index (χ1) is 8.13. The first kappa shape index (κ1) is 12.0. The monoisotopic (exact) mass is 247 g/mol. The van der Waals surface area contributed by atoms with E-state index in [4.69, 9.17) is 18.0 Å². The predicted molar refractivity (Wildman–Crippen MR) is 75.2 cm³/mol. The van der Waals surface area contributed by atoms with Gasteiger partial charge in [0.1, 0.15) is 5.82 Å². The molecule has 0 amide bonds. The Morgan fingerprint density at radius 1 is 1.47 bits per heavy atom. The van der Waals surface area contributed by atoms with Gasteiger partial charge in [-0.25, -0.2) is 4.98 Å². The van der Waals surface area contributed by atoms with Crippen LogP contribution in [0.2, 0.25) is 0 Å². The Morgan fingerprint density at radius 3 is 2.82 bits per heavy atom. The van der Waals surface area contributed by atoms with Gasteiger partial charge in [-0.15, -0.1) is 0 Å². The molecule has 0 aliphatic rings. The number of aryl methyl sites for hydroxylation is 1. The number of thiocarbonyl (C=S) groups is 1. The maximum absolute atomic E-state index is 5.63. The van der Waals surface area contributed by atoms with Gasteiger partial charge in [0.15, 0.2) is 0 Å². The van der Waals surface area contributed by atoms with E-state index < -0.39 is 0 Å². The van der Waals surface area contributed by atoms with Crippen molar-refractivity contribution in [3.63, 3.8) is 0 Å². The highest BCUT2D eigenvalue weighted by molar-refractivity contribution is 7.80. The highest BCUT2D eigenvalue weighted by atomic mass is 32.1. The van der Waals surface area contributed by atoms with Crippen molar-refractivity contribution in [2.75, 3.05) is 0 Å². The summed E-state index contributed by atoms with van der Waals surface area (Å²) in [4.78, 5) is 5.19. The molecule has 0 aliphatic heterocycles. The van der Waals surface area contributed by atoms with E-state index in [2.05, 4.69) is 29.5 Å². The molecule has 1 heterocycles. The maximum Gasteiger partial charge on any atom is 0.109 e. The third-order valence-electron chi connectivity index (χ3n) is 2.92. The summed E-state index contributed by atoms with van der Waals surface area (Å²) in [5.41, 5.74) is 7.83. The SMILES string of the molecule is CCc1nc2ccccc2n1C(C)CC(N)=S. The second-order valence-corrected chi connectivity index (χ2v) is 4.78. The van der Waals surface area contributed by atoms with Crippen LogP contribution in [-0.2, 0) is 6.42 Å². The van der Waals surface area contributed by atoms with Crippen molar-refractivity contribution >= 4 is 28.2 Å². The van der Waals surface area contributed by atoms with E-state index in [1.807, 2.05) is 18.2 Å². The molecule has 17 heavy (non-hydrogen) atoms. The minimum Gasteiger partial charge on any atom is -0.393 e. The zero-order valence-electron chi connectivity index (χ0n) is 10.2. The summed E-state index contributed by atoms with van der Waals surface area (Å²) in [5, 5.41) is 0. The summed E-state index contributed by atoms with van der Waals surface area (Å²) in [6, 6.07) is 8.44. The van der Waals surface area contributed by atoms with Crippen molar-refractivity contribution in [3.8, 4) is 0 Å². The summed E-state index contributed by atoms with van der Waals surface area (Å²) >= 11 is 4.99. The molecule has 1 aromatic heterocycles. The molecule has 0 fully saturated rings. The van der Waals surface area contributed by atoms with Crippen LogP contribution in [-0.4, -0.2) is 14.5 Å². The van der Waals surface area contributed by atoms with Crippen LogP contribution in [0, 0.1) is 0 Å². The fraction of sp³-hybridized carbons (Fsp3) is 0.385. The Balaban J connectivity index is 2.53. The number of hydrogen-bond donors (Lipinski definition) is 1. The standard InChI is InChI=1S/C13H17N3S/c1-3-13-15-10-6-4-5-7-11(10)16(13)9(2)8-12(14)17/h4-7,9H,3,8H2,1-2H3,(H2,14,17). The lowest BCUT2D eigenvalue weighted by Crippen LogP contribution is -2.17. The molecule has 0 bridgehead atoms. The Morgan fingerprint density at radius 2 is 2.18 bits per heavy atom. The van der Waals surface area contributed by atoms with Gasteiger partial charge in [-0.1, -0.05) is 31.3 Å². The molecule has 90 valence electrons. The summed E-state index contributed by atoms with van der Waals surface area (Å²) < 4.78 is 2.24. The minimum atomic E-state index is 0.259. The van der Waals surface area contributed by atoms with Crippen LogP contribution in [0.25, 0.3) is 11.0 Å². The number of nitrogens with two attached hydrogens (primary N) is 1. The number of imidazole rings is 1. The van der Waals surface area contributed by atoms with Crippen molar-refractivity contribution in [1.29, 1.82) is 0 Å². The molecule has 0 saturated heterocycles. The number of fused-ring (bicyclic) bond motifs is 1. The van der Waals surface area contributed by atoms with Gasteiger partial charge in [0.2, 0.25) is 0 Å². The smallest absolute Gasteiger partial charge is 0.109 e. The molecule has 0 aliphatic carbocycles. The van der Waals surface area contributed by atoms with E-state index in [-0.39, 0.29) is 6.04 Å². The van der Waals surface area contributed by atoms with Gasteiger partial charge in [-0.3, -0.25) is 0 Å². The van der Waals surface area contributed by atoms with Crippen LogP contribution in [0.1, 0.15) is 32.1 Å². The molecule has 0 spiro atoms. The summed E-state index contributed by atoms with van der Waals surface area (Å²) in [5.74, 6) is 1.09. The molecule has 0 saturated carbocycles.